The number of nitrogens with two attached hydrogens (primary N) is 1. The highest BCUT2D eigenvalue weighted by molar-refractivity contribution is 6.33. The summed E-state index contributed by atoms with van der Waals surface area (Å²) < 4.78 is 5.72. The number of hydrogen-bond acceptors (Lipinski definition) is 9. The molecule has 2 aromatic heterocycles. The first-order valence-electron chi connectivity index (χ1n) is 8.13. The van der Waals surface area contributed by atoms with Gasteiger partial charge in [-0.05, 0) is 18.2 Å². The van der Waals surface area contributed by atoms with E-state index in [1.807, 2.05) is 6.07 Å². The number of nitrogens with zero attached hydrogens (tertiary/aromatic N) is 6. The molecule has 146 valence electrons. The number of rotatable bonds is 5. The lowest BCUT2D eigenvalue weighted by molar-refractivity contribution is -0.384. The Bertz CT molecular complexity index is 1160. The van der Waals surface area contributed by atoms with Crippen molar-refractivity contribution in [3.63, 3.8) is 0 Å². The Morgan fingerprint density at radius 3 is 2.69 bits per heavy atom. The van der Waals surface area contributed by atoms with Gasteiger partial charge in [-0.1, -0.05) is 11.6 Å². The van der Waals surface area contributed by atoms with Crippen LogP contribution in [0, 0.1) is 21.4 Å². The lowest BCUT2D eigenvalue weighted by atomic mass is 10.1. The standard InChI is InChI=1S/C18H14ClN7O3/c1-25(2)18-23-16(22-17(21)24-18)10(9-20)7-12-4-6-15(29-12)13-5-3-11(26(27)28)8-14(13)19/h3-8H,1-2H3,(H2,21,22,23,24)/b10-7+. The number of aromatic nitrogens is 3. The summed E-state index contributed by atoms with van der Waals surface area (Å²) in [7, 11) is 3.47. The fraction of sp³-hybridized carbons (Fsp3) is 0.111. The SMILES string of the molecule is CN(C)c1nc(N)nc(/C(C#N)=C/c2ccc(-c3ccc([N+](=O)[O-])cc3Cl)o2)n1. The van der Waals surface area contributed by atoms with E-state index in [-0.39, 0.29) is 28.1 Å². The second-order valence-corrected chi connectivity index (χ2v) is 6.41. The number of hydrogen-bond donors (Lipinski definition) is 1. The summed E-state index contributed by atoms with van der Waals surface area (Å²) in [4.78, 5) is 24.1. The molecule has 2 N–H and O–H groups in total. The van der Waals surface area contributed by atoms with E-state index in [1.54, 1.807) is 31.1 Å². The number of halogens is 1. The van der Waals surface area contributed by atoms with Crippen LogP contribution in [0.1, 0.15) is 11.6 Å². The van der Waals surface area contributed by atoms with Crippen molar-refractivity contribution < 1.29 is 9.34 Å². The molecule has 0 saturated heterocycles. The summed E-state index contributed by atoms with van der Waals surface area (Å²) in [5, 5.41) is 20.5. The van der Waals surface area contributed by atoms with Crippen molar-refractivity contribution in [1.82, 2.24) is 15.0 Å². The number of nitro groups is 1. The second kappa shape index (κ2) is 7.95. The number of non-ortho nitro benzene ring substituents is 1. The Morgan fingerprint density at radius 2 is 2.07 bits per heavy atom. The van der Waals surface area contributed by atoms with Gasteiger partial charge in [0, 0.05) is 37.9 Å². The van der Waals surface area contributed by atoms with Crippen molar-refractivity contribution in [2.75, 3.05) is 24.7 Å². The van der Waals surface area contributed by atoms with Gasteiger partial charge in [-0.15, -0.1) is 0 Å². The Hall–Kier alpha value is -3.97. The molecule has 11 heteroatoms. The van der Waals surface area contributed by atoms with E-state index in [2.05, 4.69) is 15.0 Å². The number of furan rings is 1. The smallest absolute Gasteiger partial charge is 0.270 e. The van der Waals surface area contributed by atoms with E-state index in [0.29, 0.717) is 23.0 Å². The number of nitriles is 1. The van der Waals surface area contributed by atoms with Gasteiger partial charge in [0.05, 0.1) is 9.95 Å². The van der Waals surface area contributed by atoms with Gasteiger partial charge in [-0.3, -0.25) is 10.1 Å². The monoisotopic (exact) mass is 411 g/mol. The molecule has 1 aromatic carbocycles. The Morgan fingerprint density at radius 1 is 1.31 bits per heavy atom. The minimum Gasteiger partial charge on any atom is -0.457 e. The van der Waals surface area contributed by atoms with Crippen molar-refractivity contribution in [1.29, 1.82) is 5.26 Å². The van der Waals surface area contributed by atoms with Crippen molar-refractivity contribution in [3.05, 3.63) is 57.1 Å². The van der Waals surface area contributed by atoms with Crippen LogP contribution in [0.25, 0.3) is 23.0 Å². The third-order valence-corrected chi connectivity index (χ3v) is 4.06. The summed E-state index contributed by atoms with van der Waals surface area (Å²) in [6.45, 7) is 0. The molecule has 0 fully saturated rings. The molecule has 0 radical (unpaired) electrons. The highest BCUT2D eigenvalue weighted by atomic mass is 35.5. The number of anilines is 2. The average molecular weight is 412 g/mol. The van der Waals surface area contributed by atoms with E-state index in [1.165, 1.54) is 24.3 Å². The quantitative estimate of drug-likeness (QED) is 0.378. The minimum absolute atomic E-state index is 0.0161. The Balaban J connectivity index is 1.97. The molecule has 0 aliphatic rings. The lowest BCUT2D eigenvalue weighted by Crippen LogP contribution is -2.15. The molecule has 0 aliphatic carbocycles. The molecule has 2 heterocycles. The summed E-state index contributed by atoms with van der Waals surface area (Å²) >= 11 is 6.13. The first-order valence-corrected chi connectivity index (χ1v) is 8.51. The molecule has 0 spiro atoms. The van der Waals surface area contributed by atoms with Gasteiger partial charge in [0.15, 0.2) is 5.82 Å². The van der Waals surface area contributed by atoms with Crippen LogP contribution in [0.5, 0.6) is 0 Å². The Kier molecular flexibility index (Phi) is 5.43. The van der Waals surface area contributed by atoms with E-state index >= 15 is 0 Å². The Labute approximate surface area is 170 Å². The van der Waals surface area contributed by atoms with Gasteiger partial charge in [0.25, 0.3) is 5.69 Å². The number of benzene rings is 1. The van der Waals surface area contributed by atoms with Crippen molar-refractivity contribution in [2.45, 2.75) is 0 Å². The van der Waals surface area contributed by atoms with Gasteiger partial charge in [-0.2, -0.15) is 20.2 Å². The molecular formula is C18H14ClN7O3. The third-order valence-electron chi connectivity index (χ3n) is 3.74. The van der Waals surface area contributed by atoms with Crippen molar-refractivity contribution >= 4 is 40.8 Å². The zero-order valence-electron chi connectivity index (χ0n) is 15.3. The predicted octanol–water partition coefficient (Wildman–Crippen LogP) is 3.41. The van der Waals surface area contributed by atoms with Gasteiger partial charge < -0.3 is 15.1 Å². The molecule has 0 saturated carbocycles. The van der Waals surface area contributed by atoms with Gasteiger partial charge in [0.1, 0.15) is 23.2 Å². The largest absolute Gasteiger partial charge is 0.457 e. The fourth-order valence-electron chi connectivity index (χ4n) is 2.38. The molecule has 3 aromatic rings. The maximum absolute atomic E-state index is 10.8. The van der Waals surface area contributed by atoms with E-state index < -0.39 is 4.92 Å². The van der Waals surface area contributed by atoms with E-state index in [0.717, 1.165) is 0 Å². The van der Waals surface area contributed by atoms with Gasteiger partial charge in [-0.25, -0.2) is 0 Å². The van der Waals surface area contributed by atoms with Gasteiger partial charge in [0.2, 0.25) is 11.9 Å². The lowest BCUT2D eigenvalue weighted by Gasteiger charge is -2.10. The number of nitrogen functional groups attached to an aromatic ring is 1. The van der Waals surface area contributed by atoms with Crippen LogP contribution < -0.4 is 10.6 Å². The number of nitro benzene ring substituents is 1. The molecule has 29 heavy (non-hydrogen) atoms. The molecule has 0 atom stereocenters. The van der Waals surface area contributed by atoms with Crippen LogP contribution in [0.3, 0.4) is 0 Å². The maximum Gasteiger partial charge on any atom is 0.270 e. The topological polar surface area (TPSA) is 148 Å². The highest BCUT2D eigenvalue weighted by Gasteiger charge is 2.15. The second-order valence-electron chi connectivity index (χ2n) is 6.00. The molecule has 3 rings (SSSR count). The minimum atomic E-state index is -0.534. The van der Waals surface area contributed by atoms with Crippen LogP contribution in [-0.4, -0.2) is 34.0 Å². The average Bonchev–Trinajstić information content (AvgIpc) is 3.13. The maximum atomic E-state index is 10.8. The normalized spacial score (nSPS) is 11.2. The molecule has 0 amide bonds. The summed E-state index contributed by atoms with van der Waals surface area (Å²) in [6, 6.07) is 9.35. The zero-order valence-corrected chi connectivity index (χ0v) is 16.1. The zero-order chi connectivity index (χ0) is 21.1. The summed E-state index contributed by atoms with van der Waals surface area (Å²) in [5.74, 6) is 1.13. The fourth-order valence-corrected chi connectivity index (χ4v) is 2.65. The van der Waals surface area contributed by atoms with Crippen molar-refractivity contribution in [2.24, 2.45) is 0 Å². The number of allylic oxidation sites excluding steroid dienone is 1. The predicted molar refractivity (Wildman–Crippen MR) is 108 cm³/mol. The van der Waals surface area contributed by atoms with Gasteiger partial charge >= 0.3 is 0 Å². The molecule has 0 aliphatic heterocycles. The first kappa shape index (κ1) is 19.8. The van der Waals surface area contributed by atoms with Crippen molar-refractivity contribution in [3.8, 4) is 17.4 Å². The summed E-state index contributed by atoms with van der Waals surface area (Å²) in [6.07, 6.45) is 1.46. The van der Waals surface area contributed by atoms with Crippen LogP contribution in [0.4, 0.5) is 17.6 Å². The molecule has 0 bridgehead atoms. The van der Waals surface area contributed by atoms with Crippen LogP contribution in [0.2, 0.25) is 5.02 Å². The molecular weight excluding hydrogens is 398 g/mol. The van der Waals surface area contributed by atoms with Crippen LogP contribution >= 0.6 is 11.6 Å². The molecule has 10 nitrogen and oxygen atoms in total. The van der Waals surface area contributed by atoms with Crippen LogP contribution in [-0.2, 0) is 0 Å². The summed E-state index contributed by atoms with van der Waals surface area (Å²) in [5.41, 5.74) is 6.18. The molecule has 0 unspecified atom stereocenters. The van der Waals surface area contributed by atoms with E-state index in [9.17, 15) is 15.4 Å². The van der Waals surface area contributed by atoms with Crippen LogP contribution in [0.15, 0.2) is 34.7 Å². The first-order chi connectivity index (χ1) is 13.8. The van der Waals surface area contributed by atoms with E-state index in [4.69, 9.17) is 21.8 Å². The third kappa shape index (κ3) is 4.31. The highest BCUT2D eigenvalue weighted by Crippen LogP contribution is 2.33.